The lowest BCUT2D eigenvalue weighted by molar-refractivity contribution is 0.475. The number of anilines is 1. The lowest BCUT2D eigenvalue weighted by Crippen LogP contribution is -2.02. The van der Waals surface area contributed by atoms with Crippen molar-refractivity contribution >= 4 is 17.3 Å². The number of nitrogens with one attached hydrogen (secondary N) is 1. The Bertz CT molecular complexity index is 570. The first-order valence-corrected chi connectivity index (χ1v) is 6.09. The zero-order chi connectivity index (χ0) is 13.1. The SMILES string of the molecule is Cc1ccc(NCc2ccc(O)c(Cl)c2)c(C)n1. The molecule has 0 bridgehead atoms. The molecule has 0 unspecified atom stereocenters. The standard InChI is InChI=1S/C14H15ClN2O/c1-9-3-5-13(10(2)17-9)16-8-11-4-6-14(18)12(15)7-11/h3-7,16,18H,8H2,1-2H3. The molecule has 0 fully saturated rings. The van der Waals surface area contributed by atoms with Crippen LogP contribution in [-0.4, -0.2) is 10.1 Å². The van der Waals surface area contributed by atoms with Gasteiger partial charge in [-0.2, -0.15) is 0 Å². The lowest BCUT2D eigenvalue weighted by Gasteiger charge is -2.10. The summed E-state index contributed by atoms with van der Waals surface area (Å²) in [4.78, 5) is 4.39. The molecule has 1 heterocycles. The van der Waals surface area contributed by atoms with E-state index < -0.39 is 0 Å². The molecule has 4 heteroatoms. The molecule has 0 aliphatic carbocycles. The molecule has 0 radical (unpaired) electrons. The average Bonchev–Trinajstić information content (AvgIpc) is 2.32. The summed E-state index contributed by atoms with van der Waals surface area (Å²) in [6.45, 7) is 4.58. The molecule has 18 heavy (non-hydrogen) atoms. The maximum Gasteiger partial charge on any atom is 0.134 e. The van der Waals surface area contributed by atoms with Crippen LogP contribution in [-0.2, 0) is 6.54 Å². The Morgan fingerprint density at radius 1 is 1.22 bits per heavy atom. The first-order chi connectivity index (χ1) is 8.56. The molecule has 0 spiro atoms. The number of aromatic nitrogens is 1. The molecular formula is C14H15ClN2O. The maximum atomic E-state index is 9.34. The number of aryl methyl sites for hydroxylation is 2. The van der Waals surface area contributed by atoms with Gasteiger partial charge in [-0.1, -0.05) is 17.7 Å². The summed E-state index contributed by atoms with van der Waals surface area (Å²) in [7, 11) is 0. The second-order valence-electron chi connectivity index (χ2n) is 4.22. The summed E-state index contributed by atoms with van der Waals surface area (Å²) in [6.07, 6.45) is 0. The molecule has 94 valence electrons. The Morgan fingerprint density at radius 2 is 2.00 bits per heavy atom. The molecule has 2 N–H and O–H groups in total. The molecule has 0 aliphatic rings. The summed E-state index contributed by atoms with van der Waals surface area (Å²) in [5.41, 5.74) is 3.99. The van der Waals surface area contributed by atoms with Crippen LogP contribution in [0.4, 0.5) is 5.69 Å². The minimum absolute atomic E-state index is 0.105. The zero-order valence-corrected chi connectivity index (χ0v) is 11.1. The number of phenolic OH excluding ortho intramolecular Hbond substituents is 1. The van der Waals surface area contributed by atoms with Crippen molar-refractivity contribution in [3.8, 4) is 5.75 Å². The van der Waals surface area contributed by atoms with Crippen molar-refractivity contribution in [2.45, 2.75) is 20.4 Å². The fraction of sp³-hybridized carbons (Fsp3) is 0.214. The van der Waals surface area contributed by atoms with Gasteiger partial charge in [-0.3, -0.25) is 4.98 Å². The number of halogens is 1. The smallest absolute Gasteiger partial charge is 0.134 e. The Hall–Kier alpha value is -1.74. The molecule has 3 nitrogen and oxygen atoms in total. The number of phenols is 1. The first-order valence-electron chi connectivity index (χ1n) is 5.72. The normalized spacial score (nSPS) is 10.4. The third-order valence-corrected chi connectivity index (χ3v) is 3.02. The summed E-state index contributed by atoms with van der Waals surface area (Å²) >= 11 is 5.86. The van der Waals surface area contributed by atoms with E-state index in [-0.39, 0.29) is 5.75 Å². The van der Waals surface area contributed by atoms with Crippen molar-refractivity contribution in [1.82, 2.24) is 4.98 Å². The van der Waals surface area contributed by atoms with Crippen molar-refractivity contribution in [1.29, 1.82) is 0 Å². The molecule has 0 atom stereocenters. The van der Waals surface area contributed by atoms with E-state index in [9.17, 15) is 5.11 Å². The molecule has 0 aliphatic heterocycles. The van der Waals surface area contributed by atoms with Gasteiger partial charge in [-0.05, 0) is 43.7 Å². The van der Waals surface area contributed by atoms with E-state index in [4.69, 9.17) is 11.6 Å². The highest BCUT2D eigenvalue weighted by Crippen LogP contribution is 2.24. The zero-order valence-electron chi connectivity index (χ0n) is 10.4. The first kappa shape index (κ1) is 12.7. The highest BCUT2D eigenvalue weighted by Gasteiger charge is 2.02. The van der Waals surface area contributed by atoms with Gasteiger partial charge >= 0.3 is 0 Å². The van der Waals surface area contributed by atoms with Crippen LogP contribution in [0.2, 0.25) is 5.02 Å². The van der Waals surface area contributed by atoms with E-state index in [1.165, 1.54) is 0 Å². The summed E-state index contributed by atoms with van der Waals surface area (Å²) < 4.78 is 0. The minimum Gasteiger partial charge on any atom is -0.506 e. The van der Waals surface area contributed by atoms with Gasteiger partial charge in [0.25, 0.3) is 0 Å². The second-order valence-corrected chi connectivity index (χ2v) is 4.63. The minimum atomic E-state index is 0.105. The number of aromatic hydroxyl groups is 1. The topological polar surface area (TPSA) is 45.1 Å². The lowest BCUT2D eigenvalue weighted by atomic mass is 10.2. The van der Waals surface area contributed by atoms with Crippen molar-refractivity contribution < 1.29 is 5.11 Å². The molecular weight excluding hydrogens is 248 g/mol. The fourth-order valence-electron chi connectivity index (χ4n) is 1.73. The number of hydrogen-bond donors (Lipinski definition) is 2. The molecule has 1 aromatic heterocycles. The number of nitrogens with zero attached hydrogens (tertiary/aromatic N) is 1. The van der Waals surface area contributed by atoms with Crippen molar-refractivity contribution in [3.63, 3.8) is 0 Å². The van der Waals surface area contributed by atoms with E-state index in [1.807, 2.05) is 32.0 Å². The van der Waals surface area contributed by atoms with E-state index in [2.05, 4.69) is 10.3 Å². The largest absolute Gasteiger partial charge is 0.506 e. The summed E-state index contributed by atoms with van der Waals surface area (Å²) in [5.74, 6) is 0.105. The fourth-order valence-corrected chi connectivity index (χ4v) is 1.93. The van der Waals surface area contributed by atoms with Gasteiger partial charge in [-0.15, -0.1) is 0 Å². The van der Waals surface area contributed by atoms with Crippen LogP contribution in [0.25, 0.3) is 0 Å². The van der Waals surface area contributed by atoms with Crippen LogP contribution in [0.5, 0.6) is 5.75 Å². The Morgan fingerprint density at radius 3 is 2.67 bits per heavy atom. The predicted octanol–water partition coefficient (Wildman–Crippen LogP) is 3.67. The van der Waals surface area contributed by atoms with Gasteiger partial charge < -0.3 is 10.4 Å². The highest BCUT2D eigenvalue weighted by atomic mass is 35.5. The molecule has 0 amide bonds. The Kier molecular flexibility index (Phi) is 3.72. The molecule has 1 aromatic carbocycles. The van der Waals surface area contributed by atoms with Gasteiger partial charge in [0.15, 0.2) is 0 Å². The number of hydrogen-bond acceptors (Lipinski definition) is 3. The van der Waals surface area contributed by atoms with E-state index in [0.717, 1.165) is 22.6 Å². The monoisotopic (exact) mass is 262 g/mol. The number of benzene rings is 1. The Balaban J connectivity index is 2.09. The van der Waals surface area contributed by atoms with Gasteiger partial charge in [0.05, 0.1) is 16.4 Å². The van der Waals surface area contributed by atoms with Gasteiger partial charge in [0, 0.05) is 12.2 Å². The van der Waals surface area contributed by atoms with Crippen molar-refractivity contribution in [2.24, 2.45) is 0 Å². The van der Waals surface area contributed by atoms with Crippen LogP contribution in [0.15, 0.2) is 30.3 Å². The quantitative estimate of drug-likeness (QED) is 0.887. The number of pyridine rings is 1. The van der Waals surface area contributed by atoms with Gasteiger partial charge in [-0.25, -0.2) is 0 Å². The third-order valence-electron chi connectivity index (χ3n) is 2.72. The van der Waals surface area contributed by atoms with E-state index >= 15 is 0 Å². The molecule has 2 rings (SSSR count). The van der Waals surface area contributed by atoms with E-state index in [0.29, 0.717) is 11.6 Å². The Labute approximate surface area is 111 Å². The van der Waals surface area contributed by atoms with Crippen LogP contribution >= 0.6 is 11.6 Å². The second kappa shape index (κ2) is 5.27. The highest BCUT2D eigenvalue weighted by molar-refractivity contribution is 6.32. The van der Waals surface area contributed by atoms with Crippen LogP contribution < -0.4 is 5.32 Å². The van der Waals surface area contributed by atoms with E-state index in [1.54, 1.807) is 12.1 Å². The maximum absolute atomic E-state index is 9.34. The third kappa shape index (κ3) is 2.93. The predicted molar refractivity (Wildman–Crippen MR) is 74.2 cm³/mol. The molecule has 2 aromatic rings. The number of rotatable bonds is 3. The summed E-state index contributed by atoms with van der Waals surface area (Å²) in [5, 5.41) is 13.0. The van der Waals surface area contributed by atoms with Gasteiger partial charge in [0.1, 0.15) is 5.75 Å². The van der Waals surface area contributed by atoms with Crippen LogP contribution in [0, 0.1) is 13.8 Å². The molecule has 0 saturated carbocycles. The summed E-state index contributed by atoms with van der Waals surface area (Å²) in [6, 6.07) is 9.17. The van der Waals surface area contributed by atoms with Crippen LogP contribution in [0.1, 0.15) is 17.0 Å². The van der Waals surface area contributed by atoms with Crippen molar-refractivity contribution in [3.05, 3.63) is 52.3 Å². The average molecular weight is 263 g/mol. The van der Waals surface area contributed by atoms with Crippen molar-refractivity contribution in [2.75, 3.05) is 5.32 Å². The molecule has 0 saturated heterocycles. The van der Waals surface area contributed by atoms with Gasteiger partial charge in [0.2, 0.25) is 0 Å². The van der Waals surface area contributed by atoms with Crippen LogP contribution in [0.3, 0.4) is 0 Å².